The van der Waals surface area contributed by atoms with Gasteiger partial charge in [0.25, 0.3) is 0 Å². The van der Waals surface area contributed by atoms with Crippen molar-refractivity contribution in [1.82, 2.24) is 10.2 Å². The van der Waals surface area contributed by atoms with Crippen LogP contribution in [0.4, 0.5) is 4.39 Å². The van der Waals surface area contributed by atoms with Gasteiger partial charge in [0, 0.05) is 24.9 Å². The smallest absolute Gasteiger partial charge is 0.223 e. The topological polar surface area (TPSA) is 49.4 Å². The number of rotatable bonds is 6. The van der Waals surface area contributed by atoms with Crippen molar-refractivity contribution in [1.29, 1.82) is 0 Å². The van der Waals surface area contributed by atoms with E-state index in [-0.39, 0.29) is 29.2 Å². The highest BCUT2D eigenvalue weighted by molar-refractivity contribution is 5.83. The van der Waals surface area contributed by atoms with E-state index in [1.807, 2.05) is 17.0 Å². The van der Waals surface area contributed by atoms with Gasteiger partial charge in [-0.05, 0) is 66.1 Å². The number of carbonyl (C=O) groups excluding carboxylic acids is 2. The first-order valence-corrected chi connectivity index (χ1v) is 11.9. The molecule has 0 saturated carbocycles. The molecule has 2 aliphatic heterocycles. The fraction of sp³-hybridized carbons (Fsp3) is 0.357. The van der Waals surface area contributed by atoms with E-state index in [1.54, 1.807) is 12.1 Å². The Bertz CT molecular complexity index is 1180. The fourth-order valence-electron chi connectivity index (χ4n) is 5.51. The van der Waals surface area contributed by atoms with Crippen LogP contribution in [0.15, 0.2) is 66.7 Å². The Balaban J connectivity index is 1.30. The van der Waals surface area contributed by atoms with E-state index in [9.17, 15) is 14.0 Å². The molecule has 2 aliphatic rings. The van der Waals surface area contributed by atoms with Gasteiger partial charge in [0.05, 0.1) is 6.04 Å². The Morgan fingerprint density at radius 2 is 1.85 bits per heavy atom. The number of hydrogen-bond donors (Lipinski definition) is 1. The second-order valence-electron chi connectivity index (χ2n) is 9.48. The van der Waals surface area contributed by atoms with Crippen molar-refractivity contribution < 1.29 is 14.0 Å². The number of carbonyl (C=O) groups is 2. The van der Waals surface area contributed by atoms with Crippen LogP contribution in [0, 0.1) is 5.82 Å². The van der Waals surface area contributed by atoms with Crippen molar-refractivity contribution in [3.05, 3.63) is 83.7 Å². The summed E-state index contributed by atoms with van der Waals surface area (Å²) in [4.78, 5) is 27.4. The molecule has 2 atom stereocenters. The van der Waals surface area contributed by atoms with Crippen LogP contribution < -0.4 is 5.32 Å². The molecule has 0 aromatic heterocycles. The van der Waals surface area contributed by atoms with E-state index in [0.29, 0.717) is 19.3 Å². The molecule has 2 fully saturated rings. The van der Waals surface area contributed by atoms with Crippen LogP contribution in [-0.2, 0) is 16.0 Å². The van der Waals surface area contributed by atoms with Crippen LogP contribution in [0.2, 0.25) is 0 Å². The maximum Gasteiger partial charge on any atom is 0.223 e. The van der Waals surface area contributed by atoms with Crippen molar-refractivity contribution in [2.75, 3.05) is 6.54 Å². The van der Waals surface area contributed by atoms with E-state index in [0.717, 1.165) is 37.8 Å². The summed E-state index contributed by atoms with van der Waals surface area (Å²) in [6.45, 7) is 0.727. The summed E-state index contributed by atoms with van der Waals surface area (Å²) in [5.41, 5.74) is 1.77. The minimum Gasteiger partial charge on any atom is -0.350 e. The molecule has 3 aromatic rings. The largest absolute Gasteiger partial charge is 0.350 e. The van der Waals surface area contributed by atoms with Gasteiger partial charge in [0.2, 0.25) is 11.8 Å². The second-order valence-corrected chi connectivity index (χ2v) is 9.48. The van der Waals surface area contributed by atoms with Gasteiger partial charge in [-0.2, -0.15) is 0 Å². The molecule has 1 N–H and O–H groups in total. The molecule has 3 aromatic carbocycles. The van der Waals surface area contributed by atoms with Gasteiger partial charge in [-0.15, -0.1) is 0 Å². The lowest BCUT2D eigenvalue weighted by Gasteiger charge is -2.31. The van der Waals surface area contributed by atoms with Crippen LogP contribution in [0.3, 0.4) is 0 Å². The minimum absolute atomic E-state index is 0.00714. The van der Waals surface area contributed by atoms with E-state index in [2.05, 4.69) is 35.6 Å². The van der Waals surface area contributed by atoms with Crippen molar-refractivity contribution in [3.63, 3.8) is 0 Å². The van der Waals surface area contributed by atoms with Crippen molar-refractivity contribution >= 4 is 22.6 Å². The molecule has 0 unspecified atom stereocenters. The maximum atomic E-state index is 13.3. The molecule has 0 spiro atoms. The summed E-state index contributed by atoms with van der Waals surface area (Å²) in [7, 11) is 0. The number of halogens is 1. The van der Waals surface area contributed by atoms with E-state index in [1.165, 1.54) is 28.5 Å². The Kier molecular flexibility index (Phi) is 5.88. The van der Waals surface area contributed by atoms with E-state index >= 15 is 0 Å². The van der Waals surface area contributed by atoms with Crippen molar-refractivity contribution in [3.8, 4) is 0 Å². The number of fused-ring (bicyclic) bond motifs is 1. The summed E-state index contributed by atoms with van der Waals surface area (Å²) in [5.74, 6) is -0.0864. The fourth-order valence-corrected chi connectivity index (χ4v) is 5.51. The van der Waals surface area contributed by atoms with E-state index in [4.69, 9.17) is 0 Å². The Labute approximate surface area is 193 Å². The second kappa shape index (κ2) is 8.97. The third-order valence-corrected chi connectivity index (χ3v) is 7.24. The lowest BCUT2D eigenvalue weighted by molar-refractivity contribution is -0.132. The number of hydrogen-bond acceptors (Lipinski definition) is 2. The molecular weight excluding hydrogens is 415 g/mol. The van der Waals surface area contributed by atoms with Crippen LogP contribution in [0.1, 0.15) is 55.7 Å². The zero-order chi connectivity index (χ0) is 22.8. The minimum atomic E-state index is -0.389. The number of likely N-dealkylation sites (tertiary alicyclic amines) is 1. The van der Waals surface area contributed by atoms with Gasteiger partial charge >= 0.3 is 0 Å². The number of nitrogens with one attached hydrogen (secondary N) is 1. The van der Waals surface area contributed by atoms with Gasteiger partial charge in [-0.1, -0.05) is 54.6 Å². The highest BCUT2D eigenvalue weighted by Gasteiger charge is 2.39. The molecule has 0 bridgehead atoms. The predicted molar refractivity (Wildman–Crippen MR) is 127 cm³/mol. The molecule has 2 heterocycles. The van der Waals surface area contributed by atoms with Gasteiger partial charge in [-0.25, -0.2) is 4.39 Å². The third-order valence-electron chi connectivity index (χ3n) is 7.24. The summed E-state index contributed by atoms with van der Waals surface area (Å²) in [6.07, 6.45) is 4.83. The molecule has 2 saturated heterocycles. The SMILES string of the molecule is O=C1CC[C@](CCC(=O)N2CCC[C@@H]2c2ccc(F)cc2)(Cc2ccc3ccccc3c2)N1. The number of amides is 2. The third kappa shape index (κ3) is 4.63. The quantitative estimate of drug-likeness (QED) is 0.560. The van der Waals surface area contributed by atoms with E-state index < -0.39 is 0 Å². The molecule has 170 valence electrons. The molecule has 0 radical (unpaired) electrons. The molecular formula is C28H29FN2O2. The highest BCUT2D eigenvalue weighted by Crippen LogP contribution is 2.35. The Hall–Kier alpha value is -3.21. The lowest BCUT2D eigenvalue weighted by Crippen LogP contribution is -2.44. The summed E-state index contributed by atoms with van der Waals surface area (Å²) < 4.78 is 13.3. The summed E-state index contributed by atoms with van der Waals surface area (Å²) >= 11 is 0. The Morgan fingerprint density at radius 1 is 1.06 bits per heavy atom. The molecule has 33 heavy (non-hydrogen) atoms. The zero-order valence-corrected chi connectivity index (χ0v) is 18.7. The van der Waals surface area contributed by atoms with Crippen LogP contribution in [0.5, 0.6) is 0 Å². The first kappa shape index (κ1) is 21.6. The summed E-state index contributed by atoms with van der Waals surface area (Å²) in [6, 6.07) is 21.2. The zero-order valence-electron chi connectivity index (χ0n) is 18.7. The van der Waals surface area contributed by atoms with Gasteiger partial charge in [0.1, 0.15) is 5.82 Å². The predicted octanol–water partition coefficient (Wildman–Crippen LogP) is 5.31. The van der Waals surface area contributed by atoms with Gasteiger partial charge in [0.15, 0.2) is 0 Å². The van der Waals surface area contributed by atoms with Crippen molar-refractivity contribution in [2.45, 2.75) is 56.5 Å². The number of nitrogens with zero attached hydrogens (tertiary/aromatic N) is 1. The van der Waals surface area contributed by atoms with Gasteiger partial charge in [-0.3, -0.25) is 9.59 Å². The highest BCUT2D eigenvalue weighted by atomic mass is 19.1. The van der Waals surface area contributed by atoms with Crippen LogP contribution in [-0.4, -0.2) is 28.8 Å². The first-order chi connectivity index (χ1) is 16.0. The lowest BCUT2D eigenvalue weighted by atomic mass is 9.84. The van der Waals surface area contributed by atoms with Crippen LogP contribution in [0.25, 0.3) is 10.8 Å². The van der Waals surface area contributed by atoms with Gasteiger partial charge < -0.3 is 10.2 Å². The number of benzene rings is 3. The standard InChI is InChI=1S/C28H29FN2O2/c29-24-11-9-22(10-12-24)25-6-3-17-31(25)27(33)14-16-28(15-13-26(32)30-28)19-20-7-8-21-4-1-2-5-23(21)18-20/h1-2,4-5,7-12,18,25H,3,6,13-17,19H2,(H,30,32)/t25-,28+/m1/s1. The average Bonchev–Trinajstić information content (AvgIpc) is 3.45. The Morgan fingerprint density at radius 3 is 2.61 bits per heavy atom. The molecule has 4 nitrogen and oxygen atoms in total. The van der Waals surface area contributed by atoms with Crippen molar-refractivity contribution in [2.24, 2.45) is 0 Å². The summed E-state index contributed by atoms with van der Waals surface area (Å²) in [5, 5.41) is 5.59. The normalized spacial score (nSPS) is 22.6. The molecule has 5 heteroatoms. The van der Waals surface area contributed by atoms with Crippen LogP contribution >= 0.6 is 0 Å². The molecule has 5 rings (SSSR count). The first-order valence-electron chi connectivity index (χ1n) is 11.9. The maximum absolute atomic E-state index is 13.3. The average molecular weight is 445 g/mol. The monoisotopic (exact) mass is 444 g/mol. The molecule has 2 amide bonds. The molecule has 0 aliphatic carbocycles.